The number of fused-ring (bicyclic) bond motifs is 1. The van der Waals surface area contributed by atoms with E-state index in [1.807, 2.05) is 12.1 Å². The second-order valence-corrected chi connectivity index (χ2v) is 9.56. The number of rotatable bonds is 5. The normalized spacial score (nSPS) is 20.6. The minimum atomic E-state index is -0.200. The topological polar surface area (TPSA) is 106 Å². The molecule has 2 aromatic carbocycles. The summed E-state index contributed by atoms with van der Waals surface area (Å²) in [5.41, 5.74) is 2.63. The standard InChI is InChI=1S/C26H28ClN5O3/c27-18-7-10-20-17(13-18)14-23(29-20)26(35)31-22-4-2-1-3-21(22)30-25(34)16-5-8-19(9-6-16)32-12-11-28-15-24(32)33/h5-10,13-14,21-22,28-29H,1-4,11-12,15H2,(H,30,34)(H,31,35). The number of carbonyl (C=O) groups excluding carboxylic acids is 3. The van der Waals surface area contributed by atoms with Gasteiger partial charge in [-0.05, 0) is 61.4 Å². The summed E-state index contributed by atoms with van der Waals surface area (Å²) in [6.07, 6.45) is 3.58. The molecule has 0 radical (unpaired) electrons. The summed E-state index contributed by atoms with van der Waals surface area (Å²) >= 11 is 6.06. The first-order chi connectivity index (χ1) is 17.0. The quantitative estimate of drug-likeness (QED) is 0.438. The van der Waals surface area contributed by atoms with Crippen LogP contribution in [-0.4, -0.2) is 54.4 Å². The maximum Gasteiger partial charge on any atom is 0.268 e. The lowest BCUT2D eigenvalue weighted by Gasteiger charge is -2.32. The molecule has 5 rings (SSSR count). The van der Waals surface area contributed by atoms with Gasteiger partial charge in [-0.2, -0.15) is 0 Å². The van der Waals surface area contributed by atoms with Crippen molar-refractivity contribution >= 4 is 45.9 Å². The molecule has 1 aliphatic carbocycles. The van der Waals surface area contributed by atoms with Crippen molar-refractivity contribution in [2.45, 2.75) is 37.8 Å². The van der Waals surface area contributed by atoms with Gasteiger partial charge in [-0.1, -0.05) is 24.4 Å². The van der Waals surface area contributed by atoms with E-state index in [0.717, 1.165) is 48.8 Å². The molecule has 2 fully saturated rings. The number of benzene rings is 2. The number of anilines is 1. The fourth-order valence-electron chi connectivity index (χ4n) is 4.87. The molecule has 35 heavy (non-hydrogen) atoms. The number of hydrogen-bond acceptors (Lipinski definition) is 4. The molecule has 3 aromatic rings. The van der Waals surface area contributed by atoms with Gasteiger partial charge in [0.15, 0.2) is 0 Å². The summed E-state index contributed by atoms with van der Waals surface area (Å²) in [5.74, 6) is -0.365. The number of piperazine rings is 1. The number of amides is 3. The van der Waals surface area contributed by atoms with E-state index in [0.29, 0.717) is 29.4 Å². The summed E-state index contributed by atoms with van der Waals surface area (Å²) in [6, 6.07) is 14.0. The van der Waals surface area contributed by atoms with Crippen LogP contribution in [0.15, 0.2) is 48.5 Å². The molecular weight excluding hydrogens is 466 g/mol. The van der Waals surface area contributed by atoms with Crippen LogP contribution in [-0.2, 0) is 4.79 Å². The monoisotopic (exact) mass is 493 g/mol. The van der Waals surface area contributed by atoms with Gasteiger partial charge in [0.05, 0.1) is 6.54 Å². The van der Waals surface area contributed by atoms with Crippen LogP contribution in [0.4, 0.5) is 5.69 Å². The molecule has 0 bridgehead atoms. The van der Waals surface area contributed by atoms with E-state index in [1.165, 1.54) is 0 Å². The summed E-state index contributed by atoms with van der Waals surface area (Å²) in [6.45, 7) is 1.68. The highest BCUT2D eigenvalue weighted by molar-refractivity contribution is 6.31. The Balaban J connectivity index is 1.24. The number of aromatic amines is 1. The van der Waals surface area contributed by atoms with Gasteiger partial charge in [0, 0.05) is 52.3 Å². The third-order valence-corrected chi connectivity index (χ3v) is 6.99. The van der Waals surface area contributed by atoms with Crippen molar-refractivity contribution in [3.63, 3.8) is 0 Å². The smallest absolute Gasteiger partial charge is 0.268 e. The molecule has 0 spiro atoms. The molecule has 1 aliphatic heterocycles. The van der Waals surface area contributed by atoms with Crippen molar-refractivity contribution in [3.8, 4) is 0 Å². The number of H-pyrrole nitrogens is 1. The SMILES string of the molecule is O=C(NC1CCCCC1NC(=O)c1cc2cc(Cl)ccc2[nH]1)c1ccc(N2CCNCC2=O)cc1. The Morgan fingerprint density at radius 2 is 1.66 bits per heavy atom. The lowest BCUT2D eigenvalue weighted by molar-refractivity contribution is -0.118. The Hall–Kier alpha value is -3.36. The maximum absolute atomic E-state index is 13.0. The minimum Gasteiger partial charge on any atom is -0.351 e. The Morgan fingerprint density at radius 1 is 0.943 bits per heavy atom. The summed E-state index contributed by atoms with van der Waals surface area (Å²) < 4.78 is 0. The molecule has 2 heterocycles. The Labute approximate surface area is 208 Å². The molecule has 1 aromatic heterocycles. The predicted octanol–water partition coefficient (Wildman–Crippen LogP) is 3.23. The summed E-state index contributed by atoms with van der Waals surface area (Å²) in [5, 5.41) is 10.8. The van der Waals surface area contributed by atoms with Gasteiger partial charge in [0.2, 0.25) is 5.91 Å². The van der Waals surface area contributed by atoms with Crippen LogP contribution < -0.4 is 20.9 Å². The fraction of sp³-hybridized carbons (Fsp3) is 0.346. The summed E-state index contributed by atoms with van der Waals surface area (Å²) in [7, 11) is 0. The Morgan fingerprint density at radius 3 is 2.37 bits per heavy atom. The average Bonchev–Trinajstić information content (AvgIpc) is 3.29. The third-order valence-electron chi connectivity index (χ3n) is 6.76. The largest absolute Gasteiger partial charge is 0.351 e. The van der Waals surface area contributed by atoms with E-state index < -0.39 is 0 Å². The molecular formula is C26H28ClN5O3. The lowest BCUT2D eigenvalue weighted by atomic mass is 9.90. The predicted molar refractivity (Wildman–Crippen MR) is 136 cm³/mol. The molecule has 9 heteroatoms. The third kappa shape index (κ3) is 5.18. The zero-order chi connectivity index (χ0) is 24.4. The van der Waals surface area contributed by atoms with Crippen molar-refractivity contribution in [3.05, 3.63) is 64.8 Å². The summed E-state index contributed by atoms with van der Waals surface area (Å²) in [4.78, 5) is 42.9. The molecule has 3 amide bonds. The van der Waals surface area contributed by atoms with E-state index in [4.69, 9.17) is 11.6 Å². The first-order valence-electron chi connectivity index (χ1n) is 12.0. The van der Waals surface area contributed by atoms with Gasteiger partial charge in [-0.3, -0.25) is 14.4 Å². The molecule has 2 aliphatic rings. The zero-order valence-corrected chi connectivity index (χ0v) is 20.0. The van der Waals surface area contributed by atoms with Gasteiger partial charge < -0.3 is 25.8 Å². The van der Waals surface area contributed by atoms with Crippen LogP contribution in [0.2, 0.25) is 5.02 Å². The van der Waals surface area contributed by atoms with Gasteiger partial charge >= 0.3 is 0 Å². The van der Waals surface area contributed by atoms with Crippen molar-refractivity contribution in [1.29, 1.82) is 0 Å². The van der Waals surface area contributed by atoms with Crippen molar-refractivity contribution in [1.82, 2.24) is 20.9 Å². The van der Waals surface area contributed by atoms with Crippen LogP contribution >= 0.6 is 11.6 Å². The number of aromatic nitrogens is 1. The van der Waals surface area contributed by atoms with E-state index in [2.05, 4.69) is 20.9 Å². The van der Waals surface area contributed by atoms with Crippen LogP contribution in [0.3, 0.4) is 0 Å². The average molecular weight is 494 g/mol. The van der Waals surface area contributed by atoms with E-state index in [9.17, 15) is 14.4 Å². The zero-order valence-electron chi connectivity index (χ0n) is 19.3. The second kappa shape index (κ2) is 10.1. The van der Waals surface area contributed by atoms with E-state index in [1.54, 1.807) is 41.3 Å². The minimum absolute atomic E-state index is 0.0206. The van der Waals surface area contributed by atoms with Crippen LogP contribution in [0.1, 0.15) is 46.5 Å². The number of nitrogens with one attached hydrogen (secondary N) is 4. The first-order valence-corrected chi connectivity index (χ1v) is 12.4. The molecule has 2 atom stereocenters. The van der Waals surface area contributed by atoms with Crippen molar-refractivity contribution in [2.75, 3.05) is 24.5 Å². The maximum atomic E-state index is 13.0. The van der Waals surface area contributed by atoms with Crippen molar-refractivity contribution < 1.29 is 14.4 Å². The van der Waals surface area contributed by atoms with Crippen LogP contribution in [0.5, 0.6) is 0 Å². The van der Waals surface area contributed by atoms with Gasteiger partial charge in [-0.15, -0.1) is 0 Å². The van der Waals surface area contributed by atoms with Crippen LogP contribution in [0.25, 0.3) is 10.9 Å². The van der Waals surface area contributed by atoms with Crippen molar-refractivity contribution in [2.24, 2.45) is 0 Å². The lowest BCUT2D eigenvalue weighted by Crippen LogP contribution is -2.53. The van der Waals surface area contributed by atoms with E-state index >= 15 is 0 Å². The number of carbonyl (C=O) groups is 3. The van der Waals surface area contributed by atoms with Gasteiger partial charge in [-0.25, -0.2) is 0 Å². The Bertz CT molecular complexity index is 1260. The van der Waals surface area contributed by atoms with Gasteiger partial charge in [0.25, 0.3) is 11.8 Å². The highest BCUT2D eigenvalue weighted by atomic mass is 35.5. The number of nitrogens with zero attached hydrogens (tertiary/aromatic N) is 1. The Kier molecular flexibility index (Phi) is 6.74. The second-order valence-electron chi connectivity index (χ2n) is 9.13. The van der Waals surface area contributed by atoms with E-state index in [-0.39, 0.29) is 29.8 Å². The molecule has 1 saturated carbocycles. The van der Waals surface area contributed by atoms with Crippen LogP contribution in [0, 0.1) is 0 Å². The molecule has 4 N–H and O–H groups in total. The number of halogens is 1. The molecule has 2 unspecified atom stereocenters. The molecule has 182 valence electrons. The highest BCUT2D eigenvalue weighted by Crippen LogP contribution is 2.23. The molecule has 8 nitrogen and oxygen atoms in total. The number of hydrogen-bond donors (Lipinski definition) is 4. The first kappa shape index (κ1) is 23.4. The fourth-order valence-corrected chi connectivity index (χ4v) is 5.05. The molecule has 1 saturated heterocycles. The van der Waals surface area contributed by atoms with Gasteiger partial charge in [0.1, 0.15) is 5.69 Å². The highest BCUT2D eigenvalue weighted by Gasteiger charge is 2.29.